The monoisotopic (exact) mass is 477 g/mol. The Balaban J connectivity index is 1.46. The van der Waals surface area contributed by atoms with Gasteiger partial charge in [0, 0.05) is 43.3 Å². The zero-order chi connectivity index (χ0) is 23.4. The van der Waals surface area contributed by atoms with E-state index in [9.17, 15) is 9.90 Å². The number of anilines is 1. The molecule has 4 aromatic rings. The Morgan fingerprint density at radius 2 is 2.00 bits per heavy atom. The summed E-state index contributed by atoms with van der Waals surface area (Å²) in [5, 5.41) is 22.0. The molecule has 0 aromatic carbocycles. The first kappa shape index (κ1) is 21.1. The molecule has 3 saturated carbocycles. The Hall–Kier alpha value is -3.46. The van der Waals surface area contributed by atoms with Crippen LogP contribution in [-0.2, 0) is 11.8 Å². The lowest BCUT2D eigenvalue weighted by Gasteiger charge is -2.47. The molecule has 34 heavy (non-hydrogen) atoms. The summed E-state index contributed by atoms with van der Waals surface area (Å²) in [6.07, 6.45) is 9.56. The Bertz CT molecular complexity index is 1390. The fourth-order valence-electron chi connectivity index (χ4n) is 5.66. The Morgan fingerprint density at radius 1 is 1.21 bits per heavy atom. The second-order valence-corrected chi connectivity index (χ2v) is 9.80. The summed E-state index contributed by atoms with van der Waals surface area (Å²) in [5.74, 6) is 0.395. The average molecular weight is 478 g/mol. The summed E-state index contributed by atoms with van der Waals surface area (Å²) in [5.41, 5.74) is 2.81. The lowest BCUT2D eigenvalue weighted by Crippen LogP contribution is -2.51. The molecule has 4 aromatic heterocycles. The van der Waals surface area contributed by atoms with E-state index in [1.54, 1.807) is 12.3 Å². The fraction of sp³-hybridized carbons (Fsp3) is 0.375. The lowest BCUT2D eigenvalue weighted by molar-refractivity contribution is -0.148. The van der Waals surface area contributed by atoms with Crippen molar-refractivity contribution in [1.29, 1.82) is 0 Å². The highest BCUT2D eigenvalue weighted by atomic mass is 35.5. The molecule has 7 rings (SSSR count). The van der Waals surface area contributed by atoms with Crippen LogP contribution < -0.4 is 5.32 Å². The number of pyridine rings is 1. The van der Waals surface area contributed by atoms with Crippen LogP contribution in [0.1, 0.15) is 25.7 Å². The second-order valence-electron chi connectivity index (χ2n) is 9.36. The van der Waals surface area contributed by atoms with E-state index in [1.807, 2.05) is 36.1 Å². The highest BCUT2D eigenvalue weighted by molar-refractivity contribution is 6.31. The van der Waals surface area contributed by atoms with Crippen LogP contribution in [-0.4, -0.2) is 46.8 Å². The summed E-state index contributed by atoms with van der Waals surface area (Å²) in [7, 11) is 1.95. The summed E-state index contributed by atoms with van der Waals surface area (Å²) < 4.78 is 1.96. The third-order valence-corrected chi connectivity index (χ3v) is 7.47. The molecule has 3 aliphatic rings. The van der Waals surface area contributed by atoms with Crippen LogP contribution >= 0.6 is 11.6 Å². The van der Waals surface area contributed by atoms with Crippen molar-refractivity contribution in [2.24, 2.45) is 24.8 Å². The number of H-pyrrole nitrogens is 1. The van der Waals surface area contributed by atoms with Gasteiger partial charge in [-0.1, -0.05) is 11.6 Å². The highest BCUT2D eigenvalue weighted by Crippen LogP contribution is 2.46. The van der Waals surface area contributed by atoms with Crippen molar-refractivity contribution >= 4 is 34.4 Å². The number of halogens is 1. The number of hydrogen-bond acceptors (Lipinski definition) is 6. The van der Waals surface area contributed by atoms with Crippen LogP contribution in [0.15, 0.2) is 36.8 Å². The molecule has 2 unspecified atom stereocenters. The number of nitrogens with zero attached hydrogens (tertiary/aromatic N) is 5. The number of carboxylic acids is 1. The number of aromatic amines is 1. The SMILES string of the molecule is Cn1ccc(-c2cc(NC3C4CCC(CC4)C3C(=O)O)nc(-c3n[nH]c4ncc(Cl)cc34)n2)c1. The molecule has 9 nitrogen and oxygen atoms in total. The van der Waals surface area contributed by atoms with E-state index in [0.29, 0.717) is 33.9 Å². The van der Waals surface area contributed by atoms with Crippen LogP contribution in [0.4, 0.5) is 5.82 Å². The molecule has 10 heteroatoms. The first-order valence-corrected chi connectivity index (χ1v) is 11.8. The highest BCUT2D eigenvalue weighted by Gasteiger charge is 2.47. The Kier molecular flexibility index (Phi) is 5.02. The van der Waals surface area contributed by atoms with E-state index in [0.717, 1.165) is 42.3 Å². The Labute approximate surface area is 200 Å². The van der Waals surface area contributed by atoms with Gasteiger partial charge in [-0.3, -0.25) is 9.89 Å². The van der Waals surface area contributed by atoms with Gasteiger partial charge in [-0.15, -0.1) is 0 Å². The number of carboxylic acid groups (broad SMARTS) is 1. The summed E-state index contributed by atoms with van der Waals surface area (Å²) in [6, 6.07) is 5.50. The van der Waals surface area contributed by atoms with E-state index >= 15 is 0 Å². The van der Waals surface area contributed by atoms with Crippen molar-refractivity contribution in [3.63, 3.8) is 0 Å². The third-order valence-electron chi connectivity index (χ3n) is 7.27. The van der Waals surface area contributed by atoms with Crippen LogP contribution in [0, 0.1) is 17.8 Å². The molecule has 3 fully saturated rings. The molecule has 174 valence electrons. The van der Waals surface area contributed by atoms with Crippen molar-refractivity contribution in [3.05, 3.63) is 41.8 Å². The molecule has 2 atom stereocenters. The minimum Gasteiger partial charge on any atom is -0.481 e. The van der Waals surface area contributed by atoms with E-state index < -0.39 is 11.9 Å². The van der Waals surface area contributed by atoms with Crippen molar-refractivity contribution < 1.29 is 9.90 Å². The number of aryl methyl sites for hydroxylation is 1. The molecule has 0 spiro atoms. The maximum absolute atomic E-state index is 12.2. The fourth-order valence-corrected chi connectivity index (χ4v) is 5.82. The predicted molar refractivity (Wildman–Crippen MR) is 128 cm³/mol. The first-order valence-electron chi connectivity index (χ1n) is 11.5. The third kappa shape index (κ3) is 3.60. The Morgan fingerprint density at radius 3 is 2.74 bits per heavy atom. The van der Waals surface area contributed by atoms with Gasteiger partial charge in [-0.2, -0.15) is 5.10 Å². The van der Waals surface area contributed by atoms with Crippen molar-refractivity contribution in [2.45, 2.75) is 31.7 Å². The molecular weight excluding hydrogens is 454 g/mol. The summed E-state index contributed by atoms with van der Waals surface area (Å²) in [6.45, 7) is 0. The van der Waals surface area contributed by atoms with E-state index in [2.05, 4.69) is 20.5 Å². The van der Waals surface area contributed by atoms with Gasteiger partial charge in [-0.25, -0.2) is 15.0 Å². The number of carbonyl (C=O) groups is 1. The minimum absolute atomic E-state index is 0.164. The molecule has 3 aliphatic carbocycles. The van der Waals surface area contributed by atoms with Crippen molar-refractivity contribution in [1.82, 2.24) is 29.7 Å². The van der Waals surface area contributed by atoms with Gasteiger partial charge >= 0.3 is 5.97 Å². The standard InChI is InChI=1S/C24H24ClN7O2/c1-32-7-6-14(11-32)17-9-18(28-20-13-4-2-12(3-5-13)19(20)24(33)34)29-23(27-17)21-16-8-15(25)10-26-22(16)31-30-21/h6-13,19-20H,2-5H2,1H3,(H,33,34)(H,26,30,31)(H,27,28,29). The molecule has 0 saturated heterocycles. The number of hydrogen-bond donors (Lipinski definition) is 3. The van der Waals surface area contributed by atoms with Crippen LogP contribution in [0.3, 0.4) is 0 Å². The number of rotatable bonds is 5. The normalized spacial score (nSPS) is 23.9. The predicted octanol–water partition coefficient (Wildman–Crippen LogP) is 4.38. The number of aromatic nitrogens is 6. The molecule has 0 radical (unpaired) electrons. The minimum atomic E-state index is -0.733. The second kappa shape index (κ2) is 8.09. The molecule has 4 heterocycles. The molecule has 0 amide bonds. The van der Waals surface area contributed by atoms with Gasteiger partial charge in [0.1, 0.15) is 11.5 Å². The van der Waals surface area contributed by atoms with Gasteiger partial charge in [-0.05, 0) is 49.7 Å². The lowest BCUT2D eigenvalue weighted by atomic mass is 9.61. The van der Waals surface area contributed by atoms with Crippen LogP contribution in [0.25, 0.3) is 33.8 Å². The molecule has 0 aliphatic heterocycles. The van der Waals surface area contributed by atoms with E-state index in [-0.39, 0.29) is 12.0 Å². The summed E-state index contributed by atoms with van der Waals surface area (Å²) >= 11 is 6.19. The largest absolute Gasteiger partial charge is 0.481 e. The first-order chi connectivity index (χ1) is 16.5. The van der Waals surface area contributed by atoms with Gasteiger partial charge in [0.15, 0.2) is 11.5 Å². The zero-order valence-corrected chi connectivity index (χ0v) is 19.3. The number of aliphatic carboxylic acids is 1. The van der Waals surface area contributed by atoms with Crippen LogP contribution in [0.2, 0.25) is 5.02 Å². The van der Waals surface area contributed by atoms with Crippen LogP contribution in [0.5, 0.6) is 0 Å². The molecule has 2 bridgehead atoms. The average Bonchev–Trinajstić information content (AvgIpc) is 3.45. The van der Waals surface area contributed by atoms with E-state index in [4.69, 9.17) is 21.6 Å². The molecular formula is C24H24ClN7O2. The summed E-state index contributed by atoms with van der Waals surface area (Å²) in [4.78, 5) is 26.0. The van der Waals surface area contributed by atoms with E-state index in [1.165, 1.54) is 0 Å². The van der Waals surface area contributed by atoms with Gasteiger partial charge in [0.05, 0.1) is 22.0 Å². The van der Waals surface area contributed by atoms with Gasteiger partial charge in [0.25, 0.3) is 0 Å². The van der Waals surface area contributed by atoms with Gasteiger partial charge < -0.3 is 15.0 Å². The maximum atomic E-state index is 12.2. The topological polar surface area (TPSA) is 122 Å². The maximum Gasteiger partial charge on any atom is 0.308 e. The molecule has 3 N–H and O–H groups in total. The van der Waals surface area contributed by atoms with Crippen molar-refractivity contribution in [3.8, 4) is 22.8 Å². The van der Waals surface area contributed by atoms with Crippen molar-refractivity contribution in [2.75, 3.05) is 5.32 Å². The smallest absolute Gasteiger partial charge is 0.308 e. The quantitative estimate of drug-likeness (QED) is 0.390. The number of nitrogens with one attached hydrogen (secondary N) is 2. The number of fused-ring (bicyclic) bond motifs is 4. The van der Waals surface area contributed by atoms with Gasteiger partial charge in [0.2, 0.25) is 0 Å². The zero-order valence-electron chi connectivity index (χ0n) is 18.6.